The van der Waals surface area contributed by atoms with Crippen LogP contribution in [-0.4, -0.2) is 61.1 Å². The molecule has 0 radical (unpaired) electrons. The molecule has 43 heavy (non-hydrogen) atoms. The van der Waals surface area contributed by atoms with E-state index in [9.17, 15) is 14.3 Å². The Hall–Kier alpha value is -3.02. The van der Waals surface area contributed by atoms with E-state index in [1.807, 2.05) is 36.4 Å². The van der Waals surface area contributed by atoms with Crippen LogP contribution < -0.4 is 16.2 Å². The van der Waals surface area contributed by atoms with Gasteiger partial charge in [0.25, 0.3) is 5.56 Å². The fourth-order valence-corrected chi connectivity index (χ4v) is 6.19. The summed E-state index contributed by atoms with van der Waals surface area (Å²) in [4.78, 5) is 22.4. The molecule has 232 valence electrons. The van der Waals surface area contributed by atoms with Crippen LogP contribution in [0.5, 0.6) is 0 Å². The lowest BCUT2D eigenvalue weighted by atomic mass is 9.91. The molecule has 12 heteroatoms. The Morgan fingerprint density at radius 3 is 2.33 bits per heavy atom. The highest BCUT2D eigenvalue weighted by atomic mass is 35.5. The molecule has 9 nitrogen and oxygen atoms in total. The first kappa shape index (κ1) is 32.9. The summed E-state index contributed by atoms with van der Waals surface area (Å²) in [5, 5.41) is 15.9. The largest absolute Gasteiger partial charge is 0.388 e. The summed E-state index contributed by atoms with van der Waals surface area (Å²) in [7, 11) is 1.80. The zero-order valence-corrected chi connectivity index (χ0v) is 26.0. The van der Waals surface area contributed by atoms with Crippen molar-refractivity contribution >= 4 is 41.5 Å². The van der Waals surface area contributed by atoms with E-state index >= 15 is 0 Å². The van der Waals surface area contributed by atoms with Gasteiger partial charge in [0, 0.05) is 63.1 Å². The minimum Gasteiger partial charge on any atom is -0.388 e. The molecule has 2 aromatic heterocycles. The lowest BCUT2D eigenvalue weighted by molar-refractivity contribution is -0.0366. The molecule has 0 amide bonds. The first-order valence-electron chi connectivity index (χ1n) is 14.5. The highest BCUT2D eigenvalue weighted by Crippen LogP contribution is 2.29. The van der Waals surface area contributed by atoms with Crippen molar-refractivity contribution in [3.63, 3.8) is 0 Å². The van der Waals surface area contributed by atoms with Crippen LogP contribution in [0.1, 0.15) is 43.2 Å². The Bertz CT molecular complexity index is 1590. The number of anilines is 1. The van der Waals surface area contributed by atoms with Gasteiger partial charge in [0.2, 0.25) is 0 Å². The predicted octanol–water partition coefficient (Wildman–Crippen LogP) is 4.26. The number of aromatic nitrogens is 4. The summed E-state index contributed by atoms with van der Waals surface area (Å²) in [5.74, 6) is -0.176. The number of likely N-dealkylation sites (tertiary alicyclic amines) is 1. The predicted molar refractivity (Wildman–Crippen MR) is 173 cm³/mol. The first-order chi connectivity index (χ1) is 19.8. The normalized spacial score (nSPS) is 17.0. The Kier molecular flexibility index (Phi) is 10.5. The van der Waals surface area contributed by atoms with Gasteiger partial charge >= 0.3 is 0 Å². The van der Waals surface area contributed by atoms with Gasteiger partial charge in [-0.05, 0) is 49.8 Å². The Morgan fingerprint density at radius 1 is 0.977 bits per heavy atom. The molecular weight excluding hydrogens is 592 g/mol. The van der Waals surface area contributed by atoms with Crippen molar-refractivity contribution in [2.24, 2.45) is 12.8 Å². The van der Waals surface area contributed by atoms with Crippen LogP contribution in [0.3, 0.4) is 0 Å². The third-order valence-corrected chi connectivity index (χ3v) is 8.68. The lowest BCUT2D eigenvalue weighted by Crippen LogP contribution is -2.47. The number of rotatable bonds is 7. The Balaban J connectivity index is 0.00000212. The number of aryl methyl sites for hydroxylation is 1. The summed E-state index contributed by atoms with van der Waals surface area (Å²) in [6.07, 6.45) is 6.02. The zero-order valence-electron chi connectivity index (χ0n) is 24.4. The van der Waals surface area contributed by atoms with Crippen LogP contribution in [0.2, 0.25) is 0 Å². The van der Waals surface area contributed by atoms with Crippen LogP contribution in [0.25, 0.3) is 22.3 Å². The molecule has 2 saturated heterocycles. The second-order valence-electron chi connectivity index (χ2n) is 11.6. The van der Waals surface area contributed by atoms with Gasteiger partial charge in [-0.15, -0.1) is 24.8 Å². The first-order valence-corrected chi connectivity index (χ1v) is 14.5. The fraction of sp³-hybridized carbons (Fsp3) is 0.452. The summed E-state index contributed by atoms with van der Waals surface area (Å²) >= 11 is 0. The van der Waals surface area contributed by atoms with Gasteiger partial charge in [0.15, 0.2) is 5.52 Å². The molecule has 0 aliphatic carbocycles. The van der Waals surface area contributed by atoms with E-state index in [1.165, 1.54) is 17.3 Å². The molecule has 0 saturated carbocycles. The lowest BCUT2D eigenvalue weighted by Gasteiger charge is -2.38. The average molecular weight is 633 g/mol. The van der Waals surface area contributed by atoms with Gasteiger partial charge in [-0.3, -0.25) is 18.9 Å². The molecule has 0 bridgehead atoms. The van der Waals surface area contributed by atoms with Crippen molar-refractivity contribution in [2.45, 2.75) is 57.3 Å². The van der Waals surface area contributed by atoms with E-state index in [0.29, 0.717) is 50.1 Å². The number of halogens is 3. The van der Waals surface area contributed by atoms with Crippen molar-refractivity contribution < 1.29 is 9.50 Å². The molecule has 0 unspecified atom stereocenters. The van der Waals surface area contributed by atoms with Crippen LogP contribution >= 0.6 is 24.8 Å². The number of nitrogens with two attached hydrogens (primary N) is 1. The maximum Gasteiger partial charge on any atom is 0.281 e. The van der Waals surface area contributed by atoms with E-state index in [0.717, 1.165) is 48.4 Å². The number of piperidine rings is 2. The van der Waals surface area contributed by atoms with Crippen molar-refractivity contribution in [3.05, 3.63) is 76.1 Å². The number of nitrogens with zero attached hydrogens (tertiary/aromatic N) is 6. The smallest absolute Gasteiger partial charge is 0.281 e. The van der Waals surface area contributed by atoms with Crippen LogP contribution in [0.4, 0.5) is 10.1 Å². The number of fused-ring (bicyclic) bond motifs is 1. The monoisotopic (exact) mass is 631 g/mol. The number of hydrogen-bond donors (Lipinski definition) is 2. The van der Waals surface area contributed by atoms with Gasteiger partial charge in [0.1, 0.15) is 11.3 Å². The van der Waals surface area contributed by atoms with Crippen LogP contribution in [0.15, 0.2) is 53.6 Å². The van der Waals surface area contributed by atoms with Crippen molar-refractivity contribution in [1.29, 1.82) is 0 Å². The molecule has 2 fully saturated rings. The molecule has 2 aromatic carbocycles. The second-order valence-corrected chi connectivity index (χ2v) is 11.6. The number of aliphatic hydroxyl groups is 1. The molecule has 2 aliphatic heterocycles. The standard InChI is InChI=1S/C31H38FN7O2.2ClH/c1-36-29(23-7-5-22(18-33)6-8-23)27-28(35-36)30(40)39(21-34-27)20-31(41)11-15-37(16-12-31)19-24-9-10-25(17-26(24)32)38-13-3-2-4-14-38;;/h5-10,17,21,41H,2-4,11-16,18-20,33H2,1H3;2*1H. The third kappa shape index (κ3) is 6.89. The highest BCUT2D eigenvalue weighted by Gasteiger charge is 2.34. The molecule has 4 aromatic rings. The van der Waals surface area contributed by atoms with Crippen LogP contribution in [-0.2, 0) is 26.7 Å². The van der Waals surface area contributed by atoms with Crippen LogP contribution in [0, 0.1) is 5.82 Å². The minimum atomic E-state index is -1.05. The third-order valence-electron chi connectivity index (χ3n) is 8.68. The average Bonchev–Trinajstić information content (AvgIpc) is 3.34. The molecule has 0 spiro atoms. The van der Waals surface area contributed by atoms with Gasteiger partial charge in [-0.2, -0.15) is 5.10 Å². The summed E-state index contributed by atoms with van der Waals surface area (Å²) in [5.41, 5.74) is 9.52. The van der Waals surface area contributed by atoms with Gasteiger partial charge < -0.3 is 15.7 Å². The van der Waals surface area contributed by atoms with E-state index in [2.05, 4.69) is 19.9 Å². The highest BCUT2D eigenvalue weighted by molar-refractivity contribution is 5.89. The Labute approximate surface area is 263 Å². The van der Waals surface area contributed by atoms with Gasteiger partial charge in [-0.25, -0.2) is 9.37 Å². The fourth-order valence-electron chi connectivity index (χ4n) is 6.19. The van der Waals surface area contributed by atoms with Gasteiger partial charge in [-0.1, -0.05) is 30.3 Å². The van der Waals surface area contributed by atoms with Gasteiger partial charge in [0.05, 0.1) is 24.2 Å². The maximum absolute atomic E-state index is 15.0. The van der Waals surface area contributed by atoms with E-state index in [1.54, 1.807) is 17.8 Å². The van der Waals surface area contributed by atoms with E-state index in [-0.39, 0.29) is 48.3 Å². The maximum atomic E-state index is 15.0. The summed E-state index contributed by atoms with van der Waals surface area (Å²) in [6.45, 7) is 4.29. The van der Waals surface area contributed by atoms with Crippen molar-refractivity contribution in [2.75, 3.05) is 31.1 Å². The molecule has 3 N–H and O–H groups in total. The number of hydrogen-bond acceptors (Lipinski definition) is 7. The molecule has 2 aliphatic rings. The van der Waals surface area contributed by atoms with E-state index in [4.69, 9.17) is 5.73 Å². The summed E-state index contributed by atoms with van der Waals surface area (Å²) < 4.78 is 18.1. The quantitative estimate of drug-likeness (QED) is 0.314. The minimum absolute atomic E-state index is 0. The van der Waals surface area contributed by atoms with Crippen molar-refractivity contribution in [3.8, 4) is 11.3 Å². The summed E-state index contributed by atoms with van der Waals surface area (Å²) in [6, 6.07) is 13.4. The zero-order chi connectivity index (χ0) is 28.6. The molecule has 6 rings (SSSR count). The van der Waals surface area contributed by atoms with Crippen molar-refractivity contribution in [1.82, 2.24) is 24.2 Å². The topological polar surface area (TPSA) is 105 Å². The second kappa shape index (κ2) is 13.7. The number of benzene rings is 2. The molecular formula is C31H40Cl2FN7O2. The van der Waals surface area contributed by atoms with E-state index < -0.39 is 5.60 Å². The molecule has 4 heterocycles. The molecule has 0 atom stereocenters. The Morgan fingerprint density at radius 2 is 1.67 bits per heavy atom. The SMILES string of the molecule is Cl.Cl.Cn1nc2c(=O)n(CC3(O)CCN(Cc4ccc(N5CCCCC5)cc4F)CC3)cnc2c1-c1ccc(CN)cc1.